The quantitative estimate of drug-likeness (QED) is 0.656. The molecule has 5 nitrogen and oxygen atoms in total. The molecule has 0 saturated carbocycles. The number of hydrazine groups is 1. The molecule has 1 fully saturated rings. The molecule has 1 aliphatic rings. The maximum atomic E-state index is 13.6. The van der Waals surface area contributed by atoms with Crippen molar-refractivity contribution < 1.29 is 18.3 Å². The third kappa shape index (κ3) is 3.68. The van der Waals surface area contributed by atoms with E-state index in [2.05, 4.69) is 0 Å². The first kappa shape index (κ1) is 15.7. The van der Waals surface area contributed by atoms with E-state index in [1.807, 2.05) is 5.43 Å². The molecule has 1 heterocycles. The molecule has 1 saturated heterocycles. The first-order chi connectivity index (χ1) is 10.0. The molecular weight excluding hydrogens is 280 g/mol. The molecule has 0 bridgehead atoms. The molecule has 7 heteroatoms. The number of anilines is 1. The van der Waals surface area contributed by atoms with Gasteiger partial charge in [0.15, 0.2) is 11.6 Å². The highest BCUT2D eigenvalue weighted by Crippen LogP contribution is 2.21. The number of ether oxygens (including phenoxy) is 1. The minimum Gasteiger partial charge on any atom is -0.381 e. The average molecular weight is 299 g/mol. The third-order valence-electron chi connectivity index (χ3n) is 3.57. The Kier molecular flexibility index (Phi) is 5.08. The van der Waals surface area contributed by atoms with E-state index in [0.29, 0.717) is 13.2 Å². The molecule has 1 aromatic rings. The van der Waals surface area contributed by atoms with E-state index in [0.717, 1.165) is 31.6 Å². The number of amides is 1. The van der Waals surface area contributed by atoms with Crippen molar-refractivity contribution in [2.75, 3.05) is 32.2 Å². The number of halogens is 2. The summed E-state index contributed by atoms with van der Waals surface area (Å²) in [7, 11) is 1.61. The number of carbonyl (C=O) groups is 1. The minimum atomic E-state index is -0.893. The molecule has 1 amide bonds. The van der Waals surface area contributed by atoms with Gasteiger partial charge in [0.1, 0.15) is 5.69 Å². The predicted molar refractivity (Wildman–Crippen MR) is 74.7 cm³/mol. The molecule has 116 valence electrons. The van der Waals surface area contributed by atoms with Crippen LogP contribution in [0.4, 0.5) is 14.5 Å². The Morgan fingerprint density at radius 1 is 1.48 bits per heavy atom. The molecule has 0 spiro atoms. The summed E-state index contributed by atoms with van der Waals surface area (Å²) < 4.78 is 32.6. The SMILES string of the molecule is CN(CC1CCCOC1)C(=O)c1cc(F)c(NN)c(F)c1. The number of nitrogens with zero attached hydrogens (tertiary/aromatic N) is 1. The zero-order valence-electron chi connectivity index (χ0n) is 11.9. The van der Waals surface area contributed by atoms with Crippen molar-refractivity contribution in [3.63, 3.8) is 0 Å². The molecule has 0 radical (unpaired) electrons. The van der Waals surface area contributed by atoms with Gasteiger partial charge in [0, 0.05) is 25.8 Å². The number of nitrogens with two attached hydrogens (primary N) is 1. The van der Waals surface area contributed by atoms with Gasteiger partial charge < -0.3 is 15.1 Å². The van der Waals surface area contributed by atoms with Gasteiger partial charge in [-0.25, -0.2) is 8.78 Å². The van der Waals surface area contributed by atoms with Crippen molar-refractivity contribution in [1.82, 2.24) is 4.90 Å². The standard InChI is InChI=1S/C14H19F2N3O2/c1-19(7-9-3-2-4-21-8-9)14(20)10-5-11(15)13(18-17)12(16)6-10/h5-6,9,18H,2-4,7-8,17H2,1H3. The second-order valence-electron chi connectivity index (χ2n) is 5.23. The second kappa shape index (κ2) is 6.82. The van der Waals surface area contributed by atoms with Gasteiger partial charge in [0.05, 0.1) is 6.61 Å². The monoisotopic (exact) mass is 299 g/mol. The van der Waals surface area contributed by atoms with Crippen molar-refractivity contribution in [2.45, 2.75) is 12.8 Å². The van der Waals surface area contributed by atoms with Crippen LogP contribution in [0.1, 0.15) is 23.2 Å². The zero-order chi connectivity index (χ0) is 15.4. The van der Waals surface area contributed by atoms with Gasteiger partial charge in [-0.1, -0.05) is 0 Å². The lowest BCUT2D eigenvalue weighted by Gasteiger charge is -2.27. The number of carbonyl (C=O) groups excluding carboxylic acids is 1. The number of hydrogen-bond acceptors (Lipinski definition) is 4. The minimum absolute atomic E-state index is 0.0387. The average Bonchev–Trinajstić information content (AvgIpc) is 2.47. The molecule has 0 aromatic heterocycles. The van der Waals surface area contributed by atoms with E-state index >= 15 is 0 Å². The Morgan fingerprint density at radius 3 is 2.67 bits per heavy atom. The Morgan fingerprint density at radius 2 is 2.14 bits per heavy atom. The Balaban J connectivity index is 2.08. The van der Waals surface area contributed by atoms with Crippen LogP contribution in [0.15, 0.2) is 12.1 Å². The van der Waals surface area contributed by atoms with Crippen LogP contribution in [0.3, 0.4) is 0 Å². The molecule has 1 atom stereocenters. The van der Waals surface area contributed by atoms with Crippen LogP contribution in [0, 0.1) is 17.6 Å². The third-order valence-corrected chi connectivity index (χ3v) is 3.57. The summed E-state index contributed by atoms with van der Waals surface area (Å²) in [4.78, 5) is 13.7. The van der Waals surface area contributed by atoms with Gasteiger partial charge in [0.25, 0.3) is 5.91 Å². The number of nitrogens with one attached hydrogen (secondary N) is 1. The smallest absolute Gasteiger partial charge is 0.253 e. The summed E-state index contributed by atoms with van der Waals surface area (Å²) in [6, 6.07) is 1.96. The van der Waals surface area contributed by atoms with E-state index in [9.17, 15) is 13.6 Å². The van der Waals surface area contributed by atoms with Gasteiger partial charge in [-0.15, -0.1) is 0 Å². The fourth-order valence-corrected chi connectivity index (χ4v) is 2.48. The summed E-state index contributed by atoms with van der Waals surface area (Å²) in [5.41, 5.74) is 1.45. The van der Waals surface area contributed by atoms with Crippen molar-refractivity contribution in [2.24, 2.45) is 11.8 Å². The molecule has 0 aliphatic carbocycles. The normalized spacial score (nSPS) is 18.4. The van der Waals surface area contributed by atoms with E-state index in [-0.39, 0.29) is 11.5 Å². The fraction of sp³-hybridized carbons (Fsp3) is 0.500. The highest BCUT2D eigenvalue weighted by atomic mass is 19.1. The summed E-state index contributed by atoms with van der Waals surface area (Å²) in [6.45, 7) is 1.85. The van der Waals surface area contributed by atoms with Gasteiger partial charge >= 0.3 is 0 Å². The maximum Gasteiger partial charge on any atom is 0.253 e. The fourth-order valence-electron chi connectivity index (χ4n) is 2.48. The van der Waals surface area contributed by atoms with Crippen LogP contribution >= 0.6 is 0 Å². The van der Waals surface area contributed by atoms with Crippen molar-refractivity contribution in [3.05, 3.63) is 29.3 Å². The van der Waals surface area contributed by atoms with E-state index < -0.39 is 23.2 Å². The van der Waals surface area contributed by atoms with Crippen molar-refractivity contribution >= 4 is 11.6 Å². The lowest BCUT2D eigenvalue weighted by molar-refractivity contribution is 0.0388. The van der Waals surface area contributed by atoms with Crippen LogP contribution < -0.4 is 11.3 Å². The molecule has 1 aliphatic heterocycles. The molecule has 21 heavy (non-hydrogen) atoms. The zero-order valence-corrected chi connectivity index (χ0v) is 11.9. The van der Waals surface area contributed by atoms with Crippen LogP contribution in [0.5, 0.6) is 0 Å². The van der Waals surface area contributed by atoms with Gasteiger partial charge in [0.2, 0.25) is 0 Å². The summed E-state index contributed by atoms with van der Waals surface area (Å²) >= 11 is 0. The number of hydrogen-bond donors (Lipinski definition) is 2. The molecular formula is C14H19F2N3O2. The van der Waals surface area contributed by atoms with Gasteiger partial charge in [-0.2, -0.15) is 0 Å². The Bertz CT molecular complexity index is 496. The lowest BCUT2D eigenvalue weighted by Crippen LogP contribution is -2.35. The summed E-state index contributed by atoms with van der Waals surface area (Å²) in [5.74, 6) is 3.06. The largest absolute Gasteiger partial charge is 0.381 e. The summed E-state index contributed by atoms with van der Waals surface area (Å²) in [6.07, 6.45) is 1.95. The molecule has 1 aromatic carbocycles. The first-order valence-electron chi connectivity index (χ1n) is 6.81. The topological polar surface area (TPSA) is 67.6 Å². The van der Waals surface area contributed by atoms with Crippen LogP contribution in [-0.4, -0.2) is 37.6 Å². The van der Waals surface area contributed by atoms with Crippen molar-refractivity contribution in [1.29, 1.82) is 0 Å². The second-order valence-corrected chi connectivity index (χ2v) is 5.23. The predicted octanol–water partition coefficient (Wildman–Crippen LogP) is 1.75. The van der Waals surface area contributed by atoms with Crippen LogP contribution in [0.2, 0.25) is 0 Å². The van der Waals surface area contributed by atoms with E-state index in [1.165, 1.54) is 4.90 Å². The summed E-state index contributed by atoms with van der Waals surface area (Å²) in [5, 5.41) is 0. The highest BCUT2D eigenvalue weighted by molar-refractivity contribution is 5.94. The lowest BCUT2D eigenvalue weighted by atomic mass is 10.0. The van der Waals surface area contributed by atoms with Crippen LogP contribution in [-0.2, 0) is 4.74 Å². The molecule has 3 N–H and O–H groups in total. The Labute approximate surface area is 122 Å². The van der Waals surface area contributed by atoms with Gasteiger partial charge in [-0.05, 0) is 30.9 Å². The first-order valence-corrected chi connectivity index (χ1v) is 6.81. The van der Waals surface area contributed by atoms with Gasteiger partial charge in [-0.3, -0.25) is 10.6 Å². The van der Waals surface area contributed by atoms with E-state index in [1.54, 1.807) is 7.05 Å². The molecule has 1 unspecified atom stereocenters. The van der Waals surface area contributed by atoms with Crippen molar-refractivity contribution in [3.8, 4) is 0 Å². The van der Waals surface area contributed by atoms with Crippen LogP contribution in [0.25, 0.3) is 0 Å². The molecule has 2 rings (SSSR count). The number of rotatable bonds is 4. The highest BCUT2D eigenvalue weighted by Gasteiger charge is 2.21. The number of nitrogen functional groups attached to an aromatic ring is 1. The Hall–Kier alpha value is -1.73. The maximum absolute atomic E-state index is 13.6. The number of benzene rings is 1. The van der Waals surface area contributed by atoms with E-state index in [4.69, 9.17) is 10.6 Å².